The smallest absolute Gasteiger partial charge is 0.230 e. The summed E-state index contributed by atoms with van der Waals surface area (Å²) in [5, 5.41) is 6.22. The Balaban J connectivity index is 1.50. The van der Waals surface area contributed by atoms with Gasteiger partial charge in [0.1, 0.15) is 17.1 Å². The molecule has 148 valence electrons. The Bertz CT molecular complexity index is 1180. The van der Waals surface area contributed by atoms with Crippen LogP contribution in [0.4, 0.5) is 5.13 Å². The van der Waals surface area contributed by atoms with Crippen LogP contribution in [0.3, 0.4) is 0 Å². The molecule has 4 aromatic rings. The standard InChI is InChI=1S/C22H20N2O4S/c1-13-4-7-19(27-3)17(8-13)18-12-29-22(23-18)24-21(25)9-14-11-28-20-10-15(26-2)5-6-16(14)20/h4-8,10-12H,9H2,1-3H3,(H,23,24,25). The molecule has 0 aliphatic rings. The second kappa shape index (κ2) is 7.97. The molecule has 0 aliphatic carbocycles. The molecule has 1 amide bonds. The summed E-state index contributed by atoms with van der Waals surface area (Å²) in [5.74, 6) is 1.31. The molecule has 6 nitrogen and oxygen atoms in total. The Labute approximate surface area is 172 Å². The highest BCUT2D eigenvalue weighted by atomic mass is 32.1. The first-order valence-electron chi connectivity index (χ1n) is 9.02. The number of aromatic nitrogens is 1. The molecule has 7 heteroatoms. The highest BCUT2D eigenvalue weighted by Gasteiger charge is 2.14. The lowest BCUT2D eigenvalue weighted by molar-refractivity contribution is -0.115. The van der Waals surface area contributed by atoms with Crippen molar-refractivity contribution in [3.8, 4) is 22.8 Å². The van der Waals surface area contributed by atoms with Crippen molar-refractivity contribution in [2.24, 2.45) is 0 Å². The maximum atomic E-state index is 12.5. The van der Waals surface area contributed by atoms with Crippen molar-refractivity contribution in [3.63, 3.8) is 0 Å². The highest BCUT2D eigenvalue weighted by Crippen LogP contribution is 2.33. The van der Waals surface area contributed by atoms with Gasteiger partial charge >= 0.3 is 0 Å². The van der Waals surface area contributed by atoms with E-state index in [2.05, 4.69) is 10.3 Å². The quantitative estimate of drug-likeness (QED) is 0.483. The first-order chi connectivity index (χ1) is 14.1. The number of benzene rings is 2. The van der Waals surface area contributed by atoms with Crippen LogP contribution in [0.15, 0.2) is 52.5 Å². The third kappa shape index (κ3) is 3.95. The zero-order valence-electron chi connectivity index (χ0n) is 16.3. The van der Waals surface area contributed by atoms with Gasteiger partial charge in [-0.3, -0.25) is 4.79 Å². The number of carbonyl (C=O) groups is 1. The van der Waals surface area contributed by atoms with E-state index in [9.17, 15) is 4.79 Å². The van der Waals surface area contributed by atoms with Gasteiger partial charge < -0.3 is 19.2 Å². The summed E-state index contributed by atoms with van der Waals surface area (Å²) in [6, 6.07) is 11.5. The van der Waals surface area contributed by atoms with Crippen LogP contribution in [0.1, 0.15) is 11.1 Å². The predicted octanol–water partition coefficient (Wildman–Crippen LogP) is 5.06. The summed E-state index contributed by atoms with van der Waals surface area (Å²) in [6.07, 6.45) is 1.80. The van der Waals surface area contributed by atoms with Crippen molar-refractivity contribution in [2.45, 2.75) is 13.3 Å². The molecule has 0 fully saturated rings. The zero-order chi connectivity index (χ0) is 20.4. The summed E-state index contributed by atoms with van der Waals surface area (Å²) in [5.41, 5.74) is 4.29. The number of anilines is 1. The summed E-state index contributed by atoms with van der Waals surface area (Å²) < 4.78 is 16.2. The molecule has 0 atom stereocenters. The minimum atomic E-state index is -0.152. The minimum Gasteiger partial charge on any atom is -0.497 e. The van der Waals surface area contributed by atoms with E-state index in [4.69, 9.17) is 13.9 Å². The molecule has 2 heterocycles. The van der Waals surface area contributed by atoms with E-state index in [1.165, 1.54) is 11.3 Å². The molecule has 0 saturated heterocycles. The molecule has 0 saturated carbocycles. The lowest BCUT2D eigenvalue weighted by Crippen LogP contribution is -2.14. The van der Waals surface area contributed by atoms with Crippen molar-refractivity contribution in [1.29, 1.82) is 0 Å². The van der Waals surface area contributed by atoms with E-state index in [0.29, 0.717) is 16.5 Å². The average Bonchev–Trinajstić information content (AvgIpc) is 3.34. The Morgan fingerprint density at radius 1 is 1.17 bits per heavy atom. The number of methoxy groups -OCH3 is 2. The molecule has 0 radical (unpaired) electrons. The number of hydrogen-bond acceptors (Lipinski definition) is 6. The molecule has 2 aromatic heterocycles. The number of nitrogens with one attached hydrogen (secondary N) is 1. The molecule has 4 rings (SSSR count). The lowest BCUT2D eigenvalue weighted by atomic mass is 10.1. The van der Waals surface area contributed by atoms with Gasteiger partial charge in [-0.05, 0) is 31.2 Å². The minimum absolute atomic E-state index is 0.152. The van der Waals surface area contributed by atoms with Crippen molar-refractivity contribution in [2.75, 3.05) is 19.5 Å². The number of aryl methyl sites for hydroxylation is 1. The van der Waals surface area contributed by atoms with Crippen LogP contribution in [0.25, 0.3) is 22.2 Å². The highest BCUT2D eigenvalue weighted by molar-refractivity contribution is 7.14. The average molecular weight is 408 g/mol. The van der Waals surface area contributed by atoms with E-state index in [0.717, 1.165) is 33.5 Å². The number of hydrogen-bond donors (Lipinski definition) is 1. The Kier molecular flexibility index (Phi) is 5.22. The van der Waals surface area contributed by atoms with Crippen LogP contribution in [0, 0.1) is 6.92 Å². The number of nitrogens with zero attached hydrogens (tertiary/aromatic N) is 1. The SMILES string of the molecule is COc1ccc2c(CC(=O)Nc3nc(-c4cc(C)ccc4OC)cs3)coc2c1. The molecule has 0 spiro atoms. The molecular formula is C22H20N2O4S. The van der Waals surface area contributed by atoms with E-state index in [1.807, 2.05) is 42.6 Å². The van der Waals surface area contributed by atoms with E-state index < -0.39 is 0 Å². The van der Waals surface area contributed by atoms with Crippen LogP contribution in [0.2, 0.25) is 0 Å². The Hall–Kier alpha value is -3.32. The van der Waals surface area contributed by atoms with Gasteiger partial charge in [0.2, 0.25) is 5.91 Å². The zero-order valence-corrected chi connectivity index (χ0v) is 17.1. The molecule has 0 bridgehead atoms. The van der Waals surface area contributed by atoms with Gasteiger partial charge in [-0.1, -0.05) is 11.6 Å². The van der Waals surface area contributed by atoms with Crippen molar-refractivity contribution in [3.05, 3.63) is 59.2 Å². The lowest BCUT2D eigenvalue weighted by Gasteiger charge is -2.07. The fourth-order valence-corrected chi connectivity index (χ4v) is 3.87. The third-order valence-electron chi connectivity index (χ3n) is 4.60. The van der Waals surface area contributed by atoms with Crippen LogP contribution in [0.5, 0.6) is 11.5 Å². The summed E-state index contributed by atoms with van der Waals surface area (Å²) >= 11 is 1.38. The second-order valence-electron chi connectivity index (χ2n) is 6.59. The molecular weight excluding hydrogens is 388 g/mol. The van der Waals surface area contributed by atoms with Gasteiger partial charge in [0.15, 0.2) is 5.13 Å². The third-order valence-corrected chi connectivity index (χ3v) is 5.35. The van der Waals surface area contributed by atoms with Crippen LogP contribution >= 0.6 is 11.3 Å². The topological polar surface area (TPSA) is 73.6 Å². The maximum Gasteiger partial charge on any atom is 0.230 e. The van der Waals surface area contributed by atoms with Crippen molar-refractivity contribution >= 4 is 33.3 Å². The number of rotatable bonds is 6. The Morgan fingerprint density at radius 2 is 2.03 bits per heavy atom. The molecule has 0 unspecified atom stereocenters. The van der Waals surface area contributed by atoms with Gasteiger partial charge in [-0.15, -0.1) is 11.3 Å². The number of thiazole rings is 1. The Morgan fingerprint density at radius 3 is 2.83 bits per heavy atom. The maximum absolute atomic E-state index is 12.5. The number of fused-ring (bicyclic) bond motifs is 1. The molecule has 0 aliphatic heterocycles. The number of amides is 1. The van der Waals surface area contributed by atoms with Gasteiger partial charge in [-0.2, -0.15) is 0 Å². The predicted molar refractivity (Wildman–Crippen MR) is 114 cm³/mol. The first kappa shape index (κ1) is 19.0. The summed E-state index contributed by atoms with van der Waals surface area (Å²) in [7, 11) is 3.24. The van der Waals surface area contributed by atoms with E-state index in [1.54, 1.807) is 26.5 Å². The van der Waals surface area contributed by atoms with Gasteiger partial charge in [0.25, 0.3) is 0 Å². The molecule has 1 N–H and O–H groups in total. The number of carbonyl (C=O) groups excluding carboxylic acids is 1. The largest absolute Gasteiger partial charge is 0.497 e. The van der Waals surface area contributed by atoms with Gasteiger partial charge in [0.05, 0.1) is 32.6 Å². The van der Waals surface area contributed by atoms with Crippen LogP contribution in [-0.2, 0) is 11.2 Å². The van der Waals surface area contributed by atoms with Crippen LogP contribution in [-0.4, -0.2) is 25.1 Å². The summed E-state index contributed by atoms with van der Waals surface area (Å²) in [4.78, 5) is 17.1. The van der Waals surface area contributed by atoms with Crippen LogP contribution < -0.4 is 14.8 Å². The van der Waals surface area contributed by atoms with Gasteiger partial charge in [-0.25, -0.2) is 4.98 Å². The monoisotopic (exact) mass is 408 g/mol. The molecule has 29 heavy (non-hydrogen) atoms. The van der Waals surface area contributed by atoms with Crippen molar-refractivity contribution < 1.29 is 18.7 Å². The van der Waals surface area contributed by atoms with E-state index in [-0.39, 0.29) is 12.3 Å². The van der Waals surface area contributed by atoms with Crippen molar-refractivity contribution in [1.82, 2.24) is 4.98 Å². The van der Waals surface area contributed by atoms with Gasteiger partial charge in [0, 0.05) is 28.0 Å². The van der Waals surface area contributed by atoms with E-state index >= 15 is 0 Å². The number of furan rings is 1. The molecule has 2 aromatic carbocycles. The normalized spacial score (nSPS) is 10.9. The second-order valence-corrected chi connectivity index (χ2v) is 7.45. The number of ether oxygens (including phenoxy) is 2. The first-order valence-corrected chi connectivity index (χ1v) is 9.90. The fourth-order valence-electron chi connectivity index (χ4n) is 3.14. The fraction of sp³-hybridized carbons (Fsp3) is 0.182. The summed E-state index contributed by atoms with van der Waals surface area (Å²) in [6.45, 7) is 2.02.